The lowest BCUT2D eigenvalue weighted by molar-refractivity contribution is 0.00578. The first-order valence-corrected chi connectivity index (χ1v) is 11.5. The highest BCUT2D eigenvalue weighted by Gasteiger charge is 2.51. The van der Waals surface area contributed by atoms with Crippen molar-refractivity contribution in [1.29, 1.82) is 0 Å². The molecule has 2 fully saturated rings. The largest absolute Gasteiger partial charge is 0.494 e. The van der Waals surface area contributed by atoms with Crippen LogP contribution in [-0.4, -0.2) is 57.0 Å². The molecule has 6 nitrogen and oxygen atoms in total. The summed E-state index contributed by atoms with van der Waals surface area (Å²) in [6.45, 7) is 14.2. The van der Waals surface area contributed by atoms with Crippen LogP contribution in [0.2, 0.25) is 0 Å². The number of rotatable bonds is 5. The minimum absolute atomic E-state index is 0.0477. The minimum atomic E-state index is -0.451. The van der Waals surface area contributed by atoms with Crippen molar-refractivity contribution in [3.63, 3.8) is 0 Å². The molecule has 4 rings (SSSR count). The maximum atomic E-state index is 12.8. The van der Waals surface area contributed by atoms with E-state index in [0.29, 0.717) is 12.1 Å². The summed E-state index contributed by atoms with van der Waals surface area (Å²) in [7, 11) is -0.451. The summed E-state index contributed by atoms with van der Waals surface area (Å²) < 4.78 is 12.5. The van der Waals surface area contributed by atoms with Gasteiger partial charge in [0.05, 0.1) is 16.8 Å². The van der Waals surface area contributed by atoms with Crippen LogP contribution in [0.25, 0.3) is 0 Å². The molecule has 0 saturated carbocycles. The molecular weight excluding hydrogens is 401 g/mol. The molecule has 0 spiro atoms. The van der Waals surface area contributed by atoms with Crippen LogP contribution in [0.5, 0.6) is 0 Å². The molecule has 0 aliphatic carbocycles. The predicted octanol–water partition coefficient (Wildman–Crippen LogP) is 3.06. The average Bonchev–Trinajstić information content (AvgIpc) is 3.01. The molecule has 0 aromatic heterocycles. The van der Waals surface area contributed by atoms with E-state index in [1.807, 2.05) is 25.1 Å². The van der Waals surface area contributed by atoms with E-state index >= 15 is 0 Å². The Balaban J connectivity index is 1.59. The van der Waals surface area contributed by atoms with E-state index in [-0.39, 0.29) is 5.91 Å². The Labute approximate surface area is 192 Å². The number of carbonyl (C=O) groups is 1. The summed E-state index contributed by atoms with van der Waals surface area (Å²) in [6.07, 6.45) is 0. The third kappa shape index (κ3) is 4.37. The van der Waals surface area contributed by atoms with Crippen molar-refractivity contribution >= 4 is 29.9 Å². The Morgan fingerprint density at radius 3 is 2.12 bits per heavy atom. The summed E-state index contributed by atoms with van der Waals surface area (Å²) in [5.74, 6) is -0.0477. The van der Waals surface area contributed by atoms with Gasteiger partial charge in [-0.1, -0.05) is 24.3 Å². The van der Waals surface area contributed by atoms with E-state index in [9.17, 15) is 4.79 Å². The second kappa shape index (κ2) is 8.79. The highest BCUT2D eigenvalue weighted by Crippen LogP contribution is 2.37. The molecule has 1 amide bonds. The van der Waals surface area contributed by atoms with Crippen molar-refractivity contribution in [1.82, 2.24) is 5.32 Å². The zero-order valence-electron chi connectivity index (χ0n) is 19.9. The number of amides is 1. The van der Waals surface area contributed by atoms with Gasteiger partial charge in [-0.25, -0.2) is 0 Å². The fourth-order valence-electron chi connectivity index (χ4n) is 4.23. The number of para-hydroxylation sites is 1. The van der Waals surface area contributed by atoms with Gasteiger partial charge in [-0.2, -0.15) is 0 Å². The second-order valence-electron chi connectivity index (χ2n) is 9.53. The predicted molar refractivity (Wildman–Crippen MR) is 131 cm³/mol. The Kier molecular flexibility index (Phi) is 6.23. The van der Waals surface area contributed by atoms with Gasteiger partial charge in [0.2, 0.25) is 0 Å². The van der Waals surface area contributed by atoms with Crippen molar-refractivity contribution in [2.45, 2.75) is 45.8 Å². The molecule has 0 atom stereocenters. The van der Waals surface area contributed by atoms with E-state index in [2.05, 4.69) is 73.1 Å². The maximum Gasteiger partial charge on any atom is 0.494 e. The third-order valence-corrected chi connectivity index (χ3v) is 6.87. The molecular formula is C25H34BN3O3. The van der Waals surface area contributed by atoms with Gasteiger partial charge in [0.1, 0.15) is 0 Å². The van der Waals surface area contributed by atoms with Crippen molar-refractivity contribution in [2.24, 2.45) is 0 Å². The number of carbonyl (C=O) groups excluding carboxylic acids is 1. The number of hydrogen-bond acceptors (Lipinski definition) is 5. The number of piperazine rings is 1. The lowest BCUT2D eigenvalue weighted by atomic mass is 9.78. The highest BCUT2D eigenvalue weighted by molar-refractivity contribution is 6.62. The first-order chi connectivity index (χ1) is 15.2. The molecule has 1 N–H and O–H groups in total. The van der Waals surface area contributed by atoms with Gasteiger partial charge in [0.15, 0.2) is 0 Å². The van der Waals surface area contributed by atoms with E-state index < -0.39 is 18.3 Å². The SMILES string of the molecule is CCNC(=O)c1ccc(B2OC(C)(C)C(C)(C)O2)cc1N1CCN(c2ccccc2)CC1. The Bertz CT molecular complexity index is 940. The van der Waals surface area contributed by atoms with Crippen LogP contribution in [0.4, 0.5) is 11.4 Å². The lowest BCUT2D eigenvalue weighted by Crippen LogP contribution is -2.47. The van der Waals surface area contributed by atoms with Gasteiger partial charge >= 0.3 is 7.12 Å². The van der Waals surface area contributed by atoms with Gasteiger partial charge in [-0.15, -0.1) is 0 Å². The minimum Gasteiger partial charge on any atom is -0.399 e. The van der Waals surface area contributed by atoms with Crippen molar-refractivity contribution in [3.05, 3.63) is 54.1 Å². The molecule has 2 aliphatic rings. The van der Waals surface area contributed by atoms with Gasteiger partial charge in [0.25, 0.3) is 5.91 Å². The molecule has 2 heterocycles. The number of nitrogens with zero attached hydrogens (tertiary/aromatic N) is 2. The standard InChI is InChI=1S/C25H34BN3O3/c1-6-27-23(30)21-13-12-19(26-31-24(2,3)25(4,5)32-26)18-22(21)29-16-14-28(15-17-29)20-10-8-7-9-11-20/h7-13,18H,6,14-17H2,1-5H3,(H,27,30). The molecule has 2 aromatic carbocycles. The van der Waals surface area contributed by atoms with Crippen LogP contribution in [0.3, 0.4) is 0 Å². The topological polar surface area (TPSA) is 54.0 Å². The smallest absolute Gasteiger partial charge is 0.399 e. The van der Waals surface area contributed by atoms with Gasteiger partial charge < -0.3 is 24.4 Å². The maximum absolute atomic E-state index is 12.8. The number of hydrogen-bond donors (Lipinski definition) is 1. The normalized spacial score (nSPS) is 19.8. The number of anilines is 2. The molecule has 2 saturated heterocycles. The third-order valence-electron chi connectivity index (χ3n) is 6.87. The first-order valence-electron chi connectivity index (χ1n) is 11.5. The molecule has 7 heteroatoms. The monoisotopic (exact) mass is 435 g/mol. The van der Waals surface area contributed by atoms with Crippen molar-refractivity contribution < 1.29 is 14.1 Å². The number of benzene rings is 2. The summed E-state index contributed by atoms with van der Waals surface area (Å²) >= 11 is 0. The van der Waals surface area contributed by atoms with Crippen molar-refractivity contribution in [3.8, 4) is 0 Å². The van der Waals surface area contributed by atoms with E-state index in [0.717, 1.165) is 37.3 Å². The molecule has 0 radical (unpaired) electrons. The fourth-order valence-corrected chi connectivity index (χ4v) is 4.23. The molecule has 0 unspecified atom stereocenters. The molecule has 2 aromatic rings. The number of nitrogens with one attached hydrogen (secondary N) is 1. The molecule has 0 bridgehead atoms. The quantitative estimate of drug-likeness (QED) is 0.732. The Morgan fingerprint density at radius 1 is 0.938 bits per heavy atom. The van der Waals surface area contributed by atoms with Crippen LogP contribution < -0.4 is 20.6 Å². The summed E-state index contributed by atoms with van der Waals surface area (Å²) in [6, 6.07) is 16.4. The van der Waals surface area contributed by atoms with Crippen LogP contribution in [-0.2, 0) is 9.31 Å². The van der Waals surface area contributed by atoms with Crippen LogP contribution in [0, 0.1) is 0 Å². The zero-order chi connectivity index (χ0) is 22.9. The van der Waals surface area contributed by atoms with Crippen LogP contribution in [0.1, 0.15) is 45.0 Å². The fraction of sp³-hybridized carbons (Fsp3) is 0.480. The van der Waals surface area contributed by atoms with E-state index in [1.54, 1.807) is 0 Å². The zero-order valence-corrected chi connectivity index (χ0v) is 19.9. The first kappa shape index (κ1) is 22.7. The van der Waals surface area contributed by atoms with Crippen LogP contribution >= 0.6 is 0 Å². The summed E-state index contributed by atoms with van der Waals surface area (Å²) in [5.41, 5.74) is 3.00. The molecule has 170 valence electrons. The van der Waals surface area contributed by atoms with Crippen molar-refractivity contribution in [2.75, 3.05) is 42.5 Å². The second-order valence-corrected chi connectivity index (χ2v) is 9.53. The van der Waals surface area contributed by atoms with Gasteiger partial charge in [0, 0.05) is 44.1 Å². The Morgan fingerprint density at radius 2 is 1.53 bits per heavy atom. The Hall–Kier alpha value is -2.51. The summed E-state index contributed by atoms with van der Waals surface area (Å²) in [5, 5.41) is 2.95. The van der Waals surface area contributed by atoms with E-state index in [1.165, 1.54) is 5.69 Å². The highest BCUT2D eigenvalue weighted by atomic mass is 16.7. The van der Waals surface area contributed by atoms with Gasteiger partial charge in [-0.05, 0) is 64.3 Å². The molecule has 32 heavy (non-hydrogen) atoms. The van der Waals surface area contributed by atoms with E-state index in [4.69, 9.17) is 9.31 Å². The van der Waals surface area contributed by atoms with Crippen LogP contribution in [0.15, 0.2) is 48.5 Å². The lowest BCUT2D eigenvalue weighted by Gasteiger charge is -2.38. The van der Waals surface area contributed by atoms with Gasteiger partial charge in [-0.3, -0.25) is 4.79 Å². The molecule has 2 aliphatic heterocycles. The average molecular weight is 435 g/mol. The summed E-state index contributed by atoms with van der Waals surface area (Å²) in [4.78, 5) is 17.5.